The molecule has 1 aromatic rings. The Morgan fingerprint density at radius 1 is 1.56 bits per heavy atom. The van der Waals surface area contributed by atoms with Gasteiger partial charge in [0.25, 0.3) is 0 Å². The molecule has 0 aliphatic heterocycles. The maximum atomic E-state index is 11.0. The van der Waals surface area contributed by atoms with Crippen molar-refractivity contribution in [3.05, 3.63) is 15.8 Å². The normalized spacial score (nSPS) is 12.2. The van der Waals surface area contributed by atoms with E-state index in [4.69, 9.17) is 10.8 Å². The maximum Gasteiger partial charge on any atom is 0.332 e. The number of aliphatic hydroxyl groups is 1. The van der Waals surface area contributed by atoms with Gasteiger partial charge in [0.2, 0.25) is 11.8 Å². The number of nitrogens with zero attached hydrogens (tertiary/aromatic N) is 3. The SMILES string of the molecule is Cc1nc(N)nc(NC(C)CCCO)c1[N+](=O)[O-]. The van der Waals surface area contributed by atoms with Crippen LogP contribution in [0.2, 0.25) is 0 Å². The molecule has 8 nitrogen and oxygen atoms in total. The third kappa shape index (κ3) is 3.52. The average Bonchev–Trinajstić information content (AvgIpc) is 2.24. The number of nitrogens with two attached hydrogens (primary N) is 1. The summed E-state index contributed by atoms with van der Waals surface area (Å²) in [6.45, 7) is 3.45. The van der Waals surface area contributed by atoms with Crippen LogP contribution in [-0.2, 0) is 0 Å². The van der Waals surface area contributed by atoms with Gasteiger partial charge in [0.05, 0.1) is 4.92 Å². The highest BCUT2D eigenvalue weighted by atomic mass is 16.6. The Bertz CT molecular complexity index is 438. The van der Waals surface area contributed by atoms with Crippen molar-refractivity contribution in [2.24, 2.45) is 0 Å². The highest BCUT2D eigenvalue weighted by molar-refractivity contribution is 5.60. The number of nitrogens with one attached hydrogen (secondary N) is 1. The zero-order chi connectivity index (χ0) is 13.7. The van der Waals surface area contributed by atoms with Gasteiger partial charge in [-0.25, -0.2) is 4.98 Å². The Balaban J connectivity index is 2.96. The van der Waals surface area contributed by atoms with Gasteiger partial charge in [-0.15, -0.1) is 0 Å². The van der Waals surface area contributed by atoms with Crippen molar-refractivity contribution in [3.63, 3.8) is 0 Å². The van der Waals surface area contributed by atoms with E-state index in [-0.39, 0.29) is 35.8 Å². The molecule has 1 aromatic heterocycles. The van der Waals surface area contributed by atoms with E-state index in [1.54, 1.807) is 0 Å². The molecule has 0 bridgehead atoms. The Morgan fingerprint density at radius 2 is 2.22 bits per heavy atom. The fraction of sp³-hybridized carbons (Fsp3) is 0.600. The van der Waals surface area contributed by atoms with Crippen molar-refractivity contribution < 1.29 is 10.0 Å². The van der Waals surface area contributed by atoms with Crippen LogP contribution in [0.1, 0.15) is 25.5 Å². The minimum absolute atomic E-state index is 0.00467. The molecule has 0 amide bonds. The van der Waals surface area contributed by atoms with E-state index in [1.165, 1.54) is 6.92 Å². The van der Waals surface area contributed by atoms with Gasteiger partial charge in [-0.3, -0.25) is 10.1 Å². The van der Waals surface area contributed by atoms with Crippen LogP contribution in [0, 0.1) is 17.0 Å². The summed E-state index contributed by atoms with van der Waals surface area (Å²) < 4.78 is 0. The van der Waals surface area contributed by atoms with Gasteiger partial charge in [0.1, 0.15) is 5.69 Å². The first-order valence-electron chi connectivity index (χ1n) is 5.61. The average molecular weight is 255 g/mol. The van der Waals surface area contributed by atoms with Gasteiger partial charge < -0.3 is 16.2 Å². The molecule has 4 N–H and O–H groups in total. The standard InChI is InChI=1S/C10H17N5O3/c1-6(4-3-5-16)12-9-8(15(17)18)7(2)13-10(11)14-9/h6,16H,3-5H2,1-2H3,(H3,11,12,13,14). The Morgan fingerprint density at radius 3 is 2.78 bits per heavy atom. The molecule has 1 heterocycles. The van der Waals surface area contributed by atoms with Crippen LogP contribution < -0.4 is 11.1 Å². The molecule has 1 rings (SSSR count). The van der Waals surface area contributed by atoms with Crippen molar-refractivity contribution in [3.8, 4) is 0 Å². The zero-order valence-electron chi connectivity index (χ0n) is 10.4. The largest absolute Gasteiger partial charge is 0.396 e. The fourth-order valence-electron chi connectivity index (χ4n) is 1.61. The first-order valence-corrected chi connectivity index (χ1v) is 5.61. The molecule has 0 saturated heterocycles. The van der Waals surface area contributed by atoms with Crippen molar-refractivity contribution in [1.29, 1.82) is 0 Å². The number of nitro groups is 1. The number of rotatable bonds is 6. The monoisotopic (exact) mass is 255 g/mol. The molecule has 18 heavy (non-hydrogen) atoms. The van der Waals surface area contributed by atoms with Gasteiger partial charge in [-0.05, 0) is 26.7 Å². The Hall–Kier alpha value is -1.96. The second kappa shape index (κ2) is 6.10. The third-order valence-electron chi connectivity index (χ3n) is 2.44. The predicted octanol–water partition coefficient (Wildman–Crippen LogP) is 0.848. The first kappa shape index (κ1) is 14.1. The molecule has 8 heteroatoms. The molecule has 0 aliphatic carbocycles. The summed E-state index contributed by atoms with van der Waals surface area (Å²) in [5.74, 6) is 0.116. The second-order valence-corrected chi connectivity index (χ2v) is 4.03. The maximum absolute atomic E-state index is 11.0. The van der Waals surface area contributed by atoms with E-state index in [1.807, 2.05) is 6.92 Å². The zero-order valence-corrected chi connectivity index (χ0v) is 10.4. The fourth-order valence-corrected chi connectivity index (χ4v) is 1.61. The van der Waals surface area contributed by atoms with Crippen molar-refractivity contribution in [1.82, 2.24) is 9.97 Å². The summed E-state index contributed by atoms with van der Waals surface area (Å²) in [5, 5.41) is 22.6. The minimum Gasteiger partial charge on any atom is -0.396 e. The van der Waals surface area contributed by atoms with Crippen molar-refractivity contribution in [2.75, 3.05) is 17.7 Å². The van der Waals surface area contributed by atoms with Crippen molar-refractivity contribution in [2.45, 2.75) is 32.7 Å². The van der Waals surface area contributed by atoms with Gasteiger partial charge >= 0.3 is 5.69 Å². The summed E-state index contributed by atoms with van der Waals surface area (Å²) in [7, 11) is 0. The highest BCUT2D eigenvalue weighted by Gasteiger charge is 2.22. The number of hydrogen-bond acceptors (Lipinski definition) is 7. The van der Waals surface area contributed by atoms with Gasteiger partial charge in [0, 0.05) is 12.6 Å². The smallest absolute Gasteiger partial charge is 0.332 e. The molecule has 0 fully saturated rings. The number of hydrogen-bond donors (Lipinski definition) is 3. The number of aryl methyl sites for hydroxylation is 1. The molecule has 0 spiro atoms. The third-order valence-corrected chi connectivity index (χ3v) is 2.44. The van der Waals surface area contributed by atoms with Crippen LogP contribution in [0.25, 0.3) is 0 Å². The first-order chi connectivity index (χ1) is 8.45. The van der Waals surface area contributed by atoms with Crippen LogP contribution in [0.5, 0.6) is 0 Å². The number of nitrogen functional groups attached to an aromatic ring is 1. The molecule has 0 aromatic carbocycles. The topological polar surface area (TPSA) is 127 Å². The highest BCUT2D eigenvalue weighted by Crippen LogP contribution is 2.26. The Kier molecular flexibility index (Phi) is 4.78. The number of anilines is 2. The quantitative estimate of drug-likeness (QED) is 0.507. The van der Waals surface area contributed by atoms with E-state index in [2.05, 4.69) is 15.3 Å². The molecule has 1 atom stereocenters. The lowest BCUT2D eigenvalue weighted by Gasteiger charge is -2.14. The molecule has 100 valence electrons. The van der Waals surface area contributed by atoms with E-state index in [0.29, 0.717) is 12.8 Å². The molecule has 0 radical (unpaired) electrons. The van der Waals surface area contributed by atoms with Gasteiger partial charge in [-0.1, -0.05) is 0 Å². The summed E-state index contributed by atoms with van der Waals surface area (Å²) in [6, 6.07) is -0.0513. The van der Waals surface area contributed by atoms with E-state index in [0.717, 1.165) is 0 Å². The van der Waals surface area contributed by atoms with E-state index in [9.17, 15) is 10.1 Å². The number of aliphatic hydroxyl groups excluding tert-OH is 1. The molecular formula is C10H17N5O3. The van der Waals surface area contributed by atoms with E-state index < -0.39 is 4.92 Å². The lowest BCUT2D eigenvalue weighted by molar-refractivity contribution is -0.385. The van der Waals surface area contributed by atoms with Crippen LogP contribution in [0.15, 0.2) is 0 Å². The van der Waals surface area contributed by atoms with Crippen LogP contribution >= 0.6 is 0 Å². The summed E-state index contributed by atoms with van der Waals surface area (Å²) in [6.07, 6.45) is 1.29. The second-order valence-electron chi connectivity index (χ2n) is 4.03. The molecule has 1 unspecified atom stereocenters. The molecule has 0 saturated carbocycles. The Labute approximate surface area is 104 Å². The molecule has 0 aliphatic rings. The lowest BCUT2D eigenvalue weighted by atomic mass is 10.2. The van der Waals surface area contributed by atoms with E-state index >= 15 is 0 Å². The van der Waals surface area contributed by atoms with Gasteiger partial charge in [-0.2, -0.15) is 4.98 Å². The van der Waals surface area contributed by atoms with Crippen molar-refractivity contribution >= 4 is 17.5 Å². The van der Waals surface area contributed by atoms with Crippen LogP contribution in [0.4, 0.5) is 17.5 Å². The summed E-state index contributed by atoms with van der Waals surface area (Å²) in [4.78, 5) is 18.0. The lowest BCUT2D eigenvalue weighted by Crippen LogP contribution is -2.19. The van der Waals surface area contributed by atoms with Crippen LogP contribution in [-0.4, -0.2) is 32.6 Å². The van der Waals surface area contributed by atoms with Crippen LogP contribution in [0.3, 0.4) is 0 Å². The summed E-state index contributed by atoms with van der Waals surface area (Å²) in [5.41, 5.74) is 5.54. The molecular weight excluding hydrogens is 238 g/mol. The minimum atomic E-state index is -0.532. The van der Waals surface area contributed by atoms with Gasteiger partial charge in [0.15, 0.2) is 0 Å². The summed E-state index contributed by atoms with van der Waals surface area (Å²) >= 11 is 0. The predicted molar refractivity (Wildman–Crippen MR) is 67.2 cm³/mol. The number of aromatic nitrogens is 2.